The van der Waals surface area contributed by atoms with Gasteiger partial charge in [0.25, 0.3) is 10.0 Å². The van der Waals surface area contributed by atoms with Crippen LogP contribution in [-0.2, 0) is 26.2 Å². The Morgan fingerprint density at radius 1 is 0.878 bits per heavy atom. The van der Waals surface area contributed by atoms with Gasteiger partial charge in [0.05, 0.1) is 20.6 Å². The number of aryl methyl sites for hydroxylation is 1. The van der Waals surface area contributed by atoms with E-state index in [1.54, 1.807) is 43.3 Å². The van der Waals surface area contributed by atoms with E-state index < -0.39 is 28.5 Å². The molecular formula is C29H31Cl4N3O4S. The van der Waals surface area contributed by atoms with Crippen LogP contribution in [0.25, 0.3) is 0 Å². The maximum atomic E-state index is 14.1. The molecule has 0 heterocycles. The van der Waals surface area contributed by atoms with Crippen LogP contribution in [0.4, 0.5) is 5.69 Å². The molecule has 7 nitrogen and oxygen atoms in total. The van der Waals surface area contributed by atoms with E-state index >= 15 is 0 Å². The summed E-state index contributed by atoms with van der Waals surface area (Å²) in [4.78, 5) is 28.6. The van der Waals surface area contributed by atoms with Gasteiger partial charge >= 0.3 is 0 Å². The first-order chi connectivity index (χ1) is 19.4. The molecule has 0 bridgehead atoms. The average Bonchev–Trinajstić information content (AvgIpc) is 2.93. The smallest absolute Gasteiger partial charge is 0.264 e. The van der Waals surface area contributed by atoms with Crippen molar-refractivity contribution in [3.8, 4) is 0 Å². The van der Waals surface area contributed by atoms with Crippen molar-refractivity contribution in [1.82, 2.24) is 10.2 Å². The van der Waals surface area contributed by atoms with Gasteiger partial charge in [0.15, 0.2) is 0 Å². The third-order valence-corrected chi connectivity index (χ3v) is 9.70. The number of nitrogens with one attached hydrogen (secondary N) is 1. The maximum Gasteiger partial charge on any atom is 0.264 e. The summed E-state index contributed by atoms with van der Waals surface area (Å²) >= 11 is 25.6. The molecule has 3 rings (SSSR count). The van der Waals surface area contributed by atoms with Gasteiger partial charge in [-0.3, -0.25) is 13.9 Å². The topological polar surface area (TPSA) is 86.8 Å². The third kappa shape index (κ3) is 7.87. The predicted octanol–water partition coefficient (Wildman–Crippen LogP) is 7.14. The number of benzene rings is 3. The number of halogens is 4. The molecule has 3 aromatic rings. The summed E-state index contributed by atoms with van der Waals surface area (Å²) in [6, 6.07) is 14.7. The van der Waals surface area contributed by atoms with Gasteiger partial charge in [0.2, 0.25) is 11.8 Å². The summed E-state index contributed by atoms with van der Waals surface area (Å²) in [5, 5.41) is 3.52. The van der Waals surface area contributed by atoms with Gasteiger partial charge in [-0.05, 0) is 56.2 Å². The van der Waals surface area contributed by atoms with Crippen LogP contribution >= 0.6 is 46.4 Å². The van der Waals surface area contributed by atoms with E-state index in [1.165, 1.54) is 29.2 Å². The van der Waals surface area contributed by atoms with Crippen LogP contribution in [0.15, 0.2) is 65.6 Å². The maximum absolute atomic E-state index is 14.1. The van der Waals surface area contributed by atoms with Crippen molar-refractivity contribution in [1.29, 1.82) is 0 Å². The highest BCUT2D eigenvalue weighted by Gasteiger charge is 2.35. The molecule has 0 aliphatic carbocycles. The van der Waals surface area contributed by atoms with Gasteiger partial charge in [0.1, 0.15) is 12.6 Å². The van der Waals surface area contributed by atoms with E-state index in [2.05, 4.69) is 5.32 Å². The Balaban J connectivity index is 2.13. The fraction of sp³-hybridized carbons (Fsp3) is 0.310. The van der Waals surface area contributed by atoms with Crippen molar-refractivity contribution in [3.63, 3.8) is 0 Å². The molecular weight excluding hydrogens is 628 g/mol. The molecule has 41 heavy (non-hydrogen) atoms. The minimum Gasteiger partial charge on any atom is -0.354 e. The van der Waals surface area contributed by atoms with Crippen molar-refractivity contribution >= 4 is 73.9 Å². The highest BCUT2D eigenvalue weighted by atomic mass is 35.5. The predicted molar refractivity (Wildman–Crippen MR) is 167 cm³/mol. The van der Waals surface area contributed by atoms with Crippen molar-refractivity contribution < 1.29 is 18.0 Å². The Morgan fingerprint density at radius 3 is 2.05 bits per heavy atom. The van der Waals surface area contributed by atoms with E-state index in [-0.39, 0.29) is 39.5 Å². The minimum atomic E-state index is -4.30. The largest absolute Gasteiger partial charge is 0.354 e. The zero-order valence-electron chi connectivity index (χ0n) is 22.8. The van der Waals surface area contributed by atoms with Crippen molar-refractivity contribution in [2.45, 2.75) is 51.1 Å². The first-order valence-corrected chi connectivity index (χ1v) is 15.9. The molecule has 0 radical (unpaired) electrons. The van der Waals surface area contributed by atoms with Crippen LogP contribution < -0.4 is 9.62 Å². The molecule has 0 saturated carbocycles. The van der Waals surface area contributed by atoms with E-state index in [9.17, 15) is 18.0 Å². The lowest BCUT2D eigenvalue weighted by atomic mass is 10.1. The normalized spacial score (nSPS) is 12.1. The van der Waals surface area contributed by atoms with Crippen LogP contribution in [0.5, 0.6) is 0 Å². The summed E-state index contributed by atoms with van der Waals surface area (Å²) in [7, 11) is -4.30. The van der Waals surface area contributed by atoms with E-state index in [4.69, 9.17) is 46.4 Å². The van der Waals surface area contributed by atoms with Gasteiger partial charge in [0, 0.05) is 28.7 Å². The summed E-state index contributed by atoms with van der Waals surface area (Å²) in [5.74, 6) is -1.04. The Hall–Kier alpha value is -2.49. The molecule has 0 spiro atoms. The number of carbonyl (C=O) groups is 2. The molecule has 0 aliphatic heterocycles. The second-order valence-corrected chi connectivity index (χ2v) is 12.8. The summed E-state index contributed by atoms with van der Waals surface area (Å²) < 4.78 is 28.9. The molecule has 0 fully saturated rings. The van der Waals surface area contributed by atoms with Gasteiger partial charge in [-0.2, -0.15) is 0 Å². The van der Waals surface area contributed by atoms with Crippen molar-refractivity contribution in [3.05, 3.63) is 91.9 Å². The second-order valence-electron chi connectivity index (χ2n) is 9.33. The Kier molecular flexibility index (Phi) is 11.8. The first-order valence-electron chi connectivity index (χ1n) is 13.0. The zero-order valence-corrected chi connectivity index (χ0v) is 26.7. The molecule has 1 N–H and O–H groups in total. The quantitative estimate of drug-likeness (QED) is 0.224. The van der Waals surface area contributed by atoms with Gasteiger partial charge in [-0.15, -0.1) is 0 Å². The van der Waals surface area contributed by atoms with Crippen molar-refractivity contribution in [2.75, 3.05) is 17.4 Å². The Labute approximate surface area is 261 Å². The molecule has 0 unspecified atom stereocenters. The number of amides is 2. The number of sulfonamides is 1. The molecule has 2 amide bonds. The van der Waals surface area contributed by atoms with Crippen molar-refractivity contribution in [2.24, 2.45) is 0 Å². The number of carbonyl (C=O) groups excluding carboxylic acids is 2. The highest BCUT2D eigenvalue weighted by molar-refractivity contribution is 7.92. The van der Waals surface area contributed by atoms with Crippen LogP contribution in [0.2, 0.25) is 20.1 Å². The molecule has 12 heteroatoms. The molecule has 3 aromatic carbocycles. The molecule has 0 aliphatic rings. The Bertz CT molecular complexity index is 1480. The lowest BCUT2D eigenvalue weighted by molar-refractivity contribution is -0.140. The van der Waals surface area contributed by atoms with Crippen LogP contribution in [0.3, 0.4) is 0 Å². The van der Waals surface area contributed by atoms with Crippen LogP contribution in [0, 0.1) is 6.92 Å². The first kappa shape index (κ1) is 33.0. The number of anilines is 1. The van der Waals surface area contributed by atoms with Crippen LogP contribution in [-0.4, -0.2) is 44.3 Å². The van der Waals surface area contributed by atoms with Gasteiger partial charge < -0.3 is 10.2 Å². The fourth-order valence-corrected chi connectivity index (χ4v) is 6.57. The van der Waals surface area contributed by atoms with Gasteiger partial charge in [-0.25, -0.2) is 8.42 Å². The molecule has 0 saturated heterocycles. The number of hydrogen-bond acceptors (Lipinski definition) is 4. The third-order valence-electron chi connectivity index (χ3n) is 6.41. The zero-order chi connectivity index (χ0) is 30.3. The van der Waals surface area contributed by atoms with Gasteiger partial charge in [-0.1, -0.05) is 90.1 Å². The van der Waals surface area contributed by atoms with E-state index in [1.807, 2.05) is 13.8 Å². The lowest BCUT2D eigenvalue weighted by Gasteiger charge is -2.33. The van der Waals surface area contributed by atoms with E-state index in [0.29, 0.717) is 28.6 Å². The second kappa shape index (κ2) is 14.6. The molecule has 1 atom stereocenters. The number of nitrogens with zero attached hydrogens (tertiary/aromatic N) is 2. The summed E-state index contributed by atoms with van der Waals surface area (Å²) in [6.45, 7) is 5.12. The highest BCUT2D eigenvalue weighted by Crippen LogP contribution is 2.36. The number of hydrogen-bond donors (Lipinski definition) is 1. The number of rotatable bonds is 12. The lowest BCUT2D eigenvalue weighted by Crippen LogP contribution is -2.52. The SMILES string of the molecule is CCCNC(=O)[C@H](CC)N(Cc1c(Cl)cccc1Cl)C(=O)CN(c1cccc(Cl)c1Cl)S(=O)(=O)c1ccc(C)cc1. The summed E-state index contributed by atoms with van der Waals surface area (Å²) in [6.07, 6.45) is 0.953. The monoisotopic (exact) mass is 657 g/mol. The molecule has 220 valence electrons. The standard InChI is InChI=1S/C29H31Cl4N3O4S/c1-4-16-34-29(38)25(5-2)35(17-21-22(30)8-6-9-23(21)31)27(37)18-36(26-11-7-10-24(32)28(26)33)41(39,40)20-14-12-19(3)13-15-20/h6-15,25H,4-5,16-18H2,1-3H3,(H,34,38)/t25-/m0/s1. The molecule has 0 aromatic heterocycles. The van der Waals surface area contributed by atoms with Crippen LogP contribution in [0.1, 0.15) is 37.8 Å². The average molecular weight is 659 g/mol. The minimum absolute atomic E-state index is 0.0206. The van der Waals surface area contributed by atoms with E-state index in [0.717, 1.165) is 9.87 Å². The summed E-state index contributed by atoms with van der Waals surface area (Å²) in [5.41, 5.74) is 1.31. The Morgan fingerprint density at radius 2 is 1.46 bits per heavy atom. The fourth-order valence-electron chi connectivity index (χ4n) is 4.18.